The zero-order valence-electron chi connectivity index (χ0n) is 8.90. The van der Waals surface area contributed by atoms with Gasteiger partial charge in [-0.2, -0.15) is 0 Å². The lowest BCUT2D eigenvalue weighted by molar-refractivity contribution is 0.479. The van der Waals surface area contributed by atoms with E-state index in [0.717, 1.165) is 18.4 Å². The van der Waals surface area contributed by atoms with Crippen LogP contribution < -0.4 is 0 Å². The maximum Gasteiger partial charge on any atom is 0.162 e. The maximum atomic E-state index is 13.5. The van der Waals surface area contributed by atoms with Gasteiger partial charge in [0.05, 0.1) is 0 Å². The van der Waals surface area contributed by atoms with Crippen molar-refractivity contribution in [3.63, 3.8) is 0 Å². The van der Waals surface area contributed by atoms with E-state index in [9.17, 15) is 8.78 Å². The van der Waals surface area contributed by atoms with E-state index in [4.69, 9.17) is 0 Å². The van der Waals surface area contributed by atoms with Gasteiger partial charge >= 0.3 is 0 Å². The Balaban J connectivity index is 3.23. The molecule has 0 nitrogen and oxygen atoms in total. The molecule has 0 saturated heterocycles. The van der Waals surface area contributed by atoms with Crippen LogP contribution in [0.5, 0.6) is 0 Å². The molecule has 1 rings (SSSR count). The second-order valence-corrected chi connectivity index (χ2v) is 3.61. The zero-order chi connectivity index (χ0) is 10.7. The zero-order valence-corrected chi connectivity index (χ0v) is 8.90. The van der Waals surface area contributed by atoms with Crippen LogP contribution in [-0.2, 0) is 0 Å². The molecule has 0 aromatic heterocycles. The average molecular weight is 198 g/mol. The molecule has 0 amide bonds. The third-order valence-corrected chi connectivity index (χ3v) is 2.74. The normalized spacial score (nSPS) is 11.0. The quantitative estimate of drug-likeness (QED) is 0.683. The molecule has 0 aliphatic heterocycles. The van der Waals surface area contributed by atoms with Crippen molar-refractivity contribution in [3.8, 4) is 0 Å². The van der Waals surface area contributed by atoms with Gasteiger partial charge in [0.15, 0.2) is 11.6 Å². The van der Waals surface area contributed by atoms with Crippen LogP contribution in [0.4, 0.5) is 8.78 Å². The SMILES string of the molecule is CCC(CC)c1c(C)ccc(F)c1F. The third-order valence-electron chi connectivity index (χ3n) is 2.74. The Morgan fingerprint density at radius 3 is 2.21 bits per heavy atom. The summed E-state index contributed by atoms with van der Waals surface area (Å²) >= 11 is 0. The van der Waals surface area contributed by atoms with E-state index in [1.54, 1.807) is 6.07 Å². The molecule has 0 heterocycles. The summed E-state index contributed by atoms with van der Waals surface area (Å²) in [6.07, 6.45) is 1.69. The predicted octanol–water partition coefficient (Wildman–Crippen LogP) is 4.18. The number of hydrogen-bond acceptors (Lipinski definition) is 0. The summed E-state index contributed by atoms with van der Waals surface area (Å²) in [6.45, 7) is 5.83. The molecule has 0 N–H and O–H groups in total. The van der Waals surface area contributed by atoms with Crippen molar-refractivity contribution in [1.29, 1.82) is 0 Å². The van der Waals surface area contributed by atoms with Gasteiger partial charge in [-0.1, -0.05) is 19.9 Å². The molecule has 0 unspecified atom stereocenters. The van der Waals surface area contributed by atoms with Crippen LogP contribution in [0, 0.1) is 18.6 Å². The van der Waals surface area contributed by atoms with Gasteiger partial charge in [-0.3, -0.25) is 0 Å². The van der Waals surface area contributed by atoms with E-state index in [2.05, 4.69) is 0 Å². The third kappa shape index (κ3) is 1.94. The average Bonchev–Trinajstić information content (AvgIpc) is 2.19. The lowest BCUT2D eigenvalue weighted by Crippen LogP contribution is -2.04. The summed E-state index contributed by atoms with van der Waals surface area (Å²) in [6, 6.07) is 2.84. The van der Waals surface area contributed by atoms with E-state index in [1.807, 2.05) is 20.8 Å². The monoisotopic (exact) mass is 198 g/mol. The number of halogens is 2. The fourth-order valence-electron chi connectivity index (χ4n) is 1.86. The molecular weight excluding hydrogens is 182 g/mol. The lowest BCUT2D eigenvalue weighted by atomic mass is 9.90. The molecule has 0 atom stereocenters. The van der Waals surface area contributed by atoms with E-state index in [-0.39, 0.29) is 5.92 Å². The molecule has 2 heteroatoms. The molecule has 0 radical (unpaired) electrons. The summed E-state index contributed by atoms with van der Waals surface area (Å²) in [5, 5.41) is 0. The predicted molar refractivity (Wildman–Crippen MR) is 54.4 cm³/mol. The van der Waals surface area contributed by atoms with Crippen LogP contribution in [0.25, 0.3) is 0 Å². The largest absolute Gasteiger partial charge is 0.204 e. The topological polar surface area (TPSA) is 0 Å². The first kappa shape index (κ1) is 11.2. The molecule has 0 spiro atoms. The minimum absolute atomic E-state index is 0.130. The van der Waals surface area contributed by atoms with Gasteiger partial charge in [-0.05, 0) is 42.9 Å². The first-order valence-electron chi connectivity index (χ1n) is 5.06. The highest BCUT2D eigenvalue weighted by Gasteiger charge is 2.17. The van der Waals surface area contributed by atoms with Crippen LogP contribution in [0.1, 0.15) is 43.7 Å². The summed E-state index contributed by atoms with van der Waals surface area (Å²) < 4.78 is 26.5. The first-order chi connectivity index (χ1) is 6.61. The Labute approximate surface area is 84.0 Å². The molecule has 0 aliphatic rings. The van der Waals surface area contributed by atoms with Gasteiger partial charge in [0.1, 0.15) is 0 Å². The molecule has 14 heavy (non-hydrogen) atoms. The van der Waals surface area contributed by atoms with Crippen LogP contribution in [0.15, 0.2) is 12.1 Å². The van der Waals surface area contributed by atoms with Crippen molar-refractivity contribution in [2.75, 3.05) is 0 Å². The second-order valence-electron chi connectivity index (χ2n) is 3.61. The van der Waals surface area contributed by atoms with Crippen LogP contribution in [0.3, 0.4) is 0 Å². The Hall–Kier alpha value is -0.920. The summed E-state index contributed by atoms with van der Waals surface area (Å²) in [5.74, 6) is -1.28. The number of benzene rings is 1. The van der Waals surface area contributed by atoms with E-state index < -0.39 is 11.6 Å². The standard InChI is InChI=1S/C12H16F2/c1-4-9(5-2)11-8(3)6-7-10(13)12(11)14/h6-7,9H,4-5H2,1-3H3. The molecule has 1 aromatic carbocycles. The van der Waals surface area contributed by atoms with Gasteiger partial charge in [-0.25, -0.2) is 8.78 Å². The minimum atomic E-state index is -0.738. The van der Waals surface area contributed by atoms with E-state index in [0.29, 0.717) is 5.56 Å². The Kier molecular flexibility index (Phi) is 3.62. The summed E-state index contributed by atoms with van der Waals surface area (Å²) in [4.78, 5) is 0. The van der Waals surface area contributed by atoms with E-state index in [1.165, 1.54) is 6.07 Å². The lowest BCUT2D eigenvalue weighted by Gasteiger charge is -2.16. The van der Waals surface area contributed by atoms with Gasteiger partial charge in [-0.15, -0.1) is 0 Å². The highest BCUT2D eigenvalue weighted by atomic mass is 19.2. The fourth-order valence-corrected chi connectivity index (χ4v) is 1.86. The van der Waals surface area contributed by atoms with E-state index >= 15 is 0 Å². The molecule has 0 bridgehead atoms. The minimum Gasteiger partial charge on any atom is -0.204 e. The number of aryl methyl sites for hydroxylation is 1. The Morgan fingerprint density at radius 2 is 1.71 bits per heavy atom. The molecular formula is C12H16F2. The van der Waals surface area contributed by atoms with Gasteiger partial charge in [0.25, 0.3) is 0 Å². The van der Waals surface area contributed by atoms with Gasteiger partial charge in [0, 0.05) is 0 Å². The smallest absolute Gasteiger partial charge is 0.162 e. The highest BCUT2D eigenvalue weighted by Crippen LogP contribution is 2.29. The van der Waals surface area contributed by atoms with Crippen molar-refractivity contribution >= 4 is 0 Å². The van der Waals surface area contributed by atoms with Gasteiger partial charge in [0.2, 0.25) is 0 Å². The molecule has 78 valence electrons. The molecule has 0 fully saturated rings. The number of rotatable bonds is 3. The second kappa shape index (κ2) is 4.54. The van der Waals surface area contributed by atoms with Crippen molar-refractivity contribution in [1.82, 2.24) is 0 Å². The van der Waals surface area contributed by atoms with Crippen LogP contribution in [0.2, 0.25) is 0 Å². The van der Waals surface area contributed by atoms with Crippen molar-refractivity contribution < 1.29 is 8.78 Å². The fraction of sp³-hybridized carbons (Fsp3) is 0.500. The van der Waals surface area contributed by atoms with Crippen molar-refractivity contribution in [3.05, 3.63) is 34.9 Å². The van der Waals surface area contributed by atoms with Gasteiger partial charge < -0.3 is 0 Å². The number of hydrogen-bond donors (Lipinski definition) is 0. The van der Waals surface area contributed by atoms with Crippen molar-refractivity contribution in [2.24, 2.45) is 0 Å². The molecule has 0 saturated carbocycles. The summed E-state index contributed by atoms with van der Waals surface area (Å²) in [7, 11) is 0. The molecule has 0 aliphatic carbocycles. The van der Waals surface area contributed by atoms with Crippen LogP contribution in [-0.4, -0.2) is 0 Å². The van der Waals surface area contributed by atoms with Crippen molar-refractivity contribution in [2.45, 2.75) is 39.5 Å². The highest BCUT2D eigenvalue weighted by molar-refractivity contribution is 5.31. The Morgan fingerprint density at radius 1 is 1.14 bits per heavy atom. The first-order valence-corrected chi connectivity index (χ1v) is 5.06. The maximum absolute atomic E-state index is 13.5. The van der Waals surface area contributed by atoms with Crippen LogP contribution >= 0.6 is 0 Å². The summed E-state index contributed by atoms with van der Waals surface area (Å²) in [5.41, 5.74) is 1.40. The Bertz CT molecular complexity index is 314. The molecule has 1 aromatic rings.